The van der Waals surface area contributed by atoms with Crippen molar-refractivity contribution >= 4 is 34.1 Å². The Morgan fingerprint density at radius 2 is 2.25 bits per heavy atom. The smallest absolute Gasteiger partial charge is 0.326 e. The number of esters is 1. The third-order valence-corrected chi connectivity index (χ3v) is 3.15. The van der Waals surface area contributed by atoms with Gasteiger partial charge in [-0.3, -0.25) is 14.2 Å². The van der Waals surface area contributed by atoms with Crippen LogP contribution >= 0.6 is 28.1 Å². The lowest BCUT2D eigenvalue weighted by molar-refractivity contribution is -0.143. The number of carbonyl (C=O) groups excluding carboxylic acids is 1. The first-order valence-electron chi connectivity index (χ1n) is 4.62. The maximum Gasteiger partial charge on any atom is 0.326 e. The van der Waals surface area contributed by atoms with Gasteiger partial charge in [0.15, 0.2) is 4.77 Å². The van der Waals surface area contributed by atoms with Crippen LogP contribution in [-0.4, -0.2) is 22.1 Å². The zero-order valence-corrected chi connectivity index (χ0v) is 11.3. The van der Waals surface area contributed by atoms with Crippen molar-refractivity contribution in [2.45, 2.75) is 20.4 Å². The third kappa shape index (κ3) is 2.79. The fourth-order valence-electron chi connectivity index (χ4n) is 1.13. The number of hydrogen-bond donors (Lipinski definition) is 1. The number of halogens is 1. The van der Waals surface area contributed by atoms with E-state index in [1.165, 1.54) is 0 Å². The zero-order valence-electron chi connectivity index (χ0n) is 8.87. The van der Waals surface area contributed by atoms with E-state index < -0.39 is 5.97 Å². The first-order valence-corrected chi connectivity index (χ1v) is 5.82. The molecule has 1 heterocycles. The fourth-order valence-corrected chi connectivity index (χ4v) is 1.75. The van der Waals surface area contributed by atoms with E-state index in [0.29, 0.717) is 10.2 Å². The van der Waals surface area contributed by atoms with E-state index in [2.05, 4.69) is 20.9 Å². The summed E-state index contributed by atoms with van der Waals surface area (Å²) in [6, 6.07) is 0. The summed E-state index contributed by atoms with van der Waals surface area (Å²) in [4.78, 5) is 25.8. The Hall–Kier alpha value is -0.950. The van der Waals surface area contributed by atoms with Gasteiger partial charge < -0.3 is 9.72 Å². The summed E-state index contributed by atoms with van der Waals surface area (Å²) in [5, 5.41) is 0. The van der Waals surface area contributed by atoms with E-state index in [1.807, 2.05) is 0 Å². The lowest BCUT2D eigenvalue weighted by atomic mass is 10.4. The van der Waals surface area contributed by atoms with Crippen molar-refractivity contribution in [3.8, 4) is 0 Å². The van der Waals surface area contributed by atoms with E-state index in [-0.39, 0.29) is 23.5 Å². The lowest BCUT2D eigenvalue weighted by Gasteiger charge is -2.07. The summed E-state index contributed by atoms with van der Waals surface area (Å²) in [7, 11) is 0. The van der Waals surface area contributed by atoms with E-state index in [0.717, 1.165) is 4.57 Å². The Kier molecular flexibility index (Phi) is 4.43. The standard InChI is InChI=1S/C9H11BrN2O3S/c1-3-15-6(13)4-12-8(14)7(10)5(2)11-9(12)16/h3-4H2,1-2H3,(H,11,16). The number of hydrogen-bond acceptors (Lipinski definition) is 4. The Morgan fingerprint density at radius 1 is 1.62 bits per heavy atom. The first-order chi connectivity index (χ1) is 7.47. The van der Waals surface area contributed by atoms with Crippen LogP contribution in [0.1, 0.15) is 12.6 Å². The molecule has 0 radical (unpaired) electrons. The molecule has 1 aromatic heterocycles. The zero-order chi connectivity index (χ0) is 12.3. The molecule has 88 valence electrons. The number of rotatable bonds is 3. The third-order valence-electron chi connectivity index (χ3n) is 1.89. The number of aromatic amines is 1. The number of carbonyl (C=O) groups is 1. The van der Waals surface area contributed by atoms with Crippen molar-refractivity contribution in [2.24, 2.45) is 0 Å². The summed E-state index contributed by atoms with van der Waals surface area (Å²) < 4.78 is 6.48. The van der Waals surface area contributed by atoms with Crippen molar-refractivity contribution in [1.82, 2.24) is 9.55 Å². The highest BCUT2D eigenvalue weighted by Crippen LogP contribution is 2.07. The maximum atomic E-state index is 11.8. The largest absolute Gasteiger partial charge is 0.465 e. The Labute approximate surface area is 106 Å². The molecular formula is C9H11BrN2O3S. The normalized spacial score (nSPS) is 10.2. The van der Waals surface area contributed by atoms with Crippen LogP contribution < -0.4 is 5.56 Å². The quantitative estimate of drug-likeness (QED) is 0.679. The Morgan fingerprint density at radius 3 is 2.81 bits per heavy atom. The molecule has 16 heavy (non-hydrogen) atoms. The lowest BCUT2D eigenvalue weighted by Crippen LogP contribution is -2.28. The monoisotopic (exact) mass is 306 g/mol. The van der Waals surface area contributed by atoms with Crippen molar-refractivity contribution in [1.29, 1.82) is 0 Å². The van der Waals surface area contributed by atoms with Crippen molar-refractivity contribution in [2.75, 3.05) is 6.61 Å². The molecule has 0 aliphatic carbocycles. The molecular weight excluding hydrogens is 296 g/mol. The fraction of sp³-hybridized carbons (Fsp3) is 0.444. The van der Waals surface area contributed by atoms with Gasteiger partial charge in [-0.2, -0.15) is 0 Å². The highest BCUT2D eigenvalue weighted by Gasteiger charge is 2.10. The second-order valence-corrected chi connectivity index (χ2v) is 4.25. The molecule has 7 heteroatoms. The number of nitrogens with one attached hydrogen (secondary N) is 1. The van der Waals surface area contributed by atoms with Gasteiger partial charge in [0, 0.05) is 5.69 Å². The molecule has 0 bridgehead atoms. The van der Waals surface area contributed by atoms with Crippen molar-refractivity contribution in [3.63, 3.8) is 0 Å². The Balaban J connectivity index is 3.16. The average Bonchev–Trinajstić information content (AvgIpc) is 2.22. The van der Waals surface area contributed by atoms with Gasteiger partial charge in [0.1, 0.15) is 11.0 Å². The van der Waals surface area contributed by atoms with Crippen molar-refractivity contribution in [3.05, 3.63) is 25.3 Å². The molecule has 1 aromatic rings. The van der Waals surface area contributed by atoms with Gasteiger partial charge in [0.05, 0.1) is 6.61 Å². The molecule has 1 rings (SSSR count). The van der Waals surface area contributed by atoms with Gasteiger partial charge in [-0.15, -0.1) is 0 Å². The molecule has 1 N–H and O–H groups in total. The van der Waals surface area contributed by atoms with Gasteiger partial charge in [-0.05, 0) is 42.0 Å². The molecule has 0 aliphatic heterocycles. The van der Waals surface area contributed by atoms with Crippen LogP contribution in [-0.2, 0) is 16.1 Å². The van der Waals surface area contributed by atoms with Crippen LogP contribution in [0.4, 0.5) is 0 Å². The highest BCUT2D eigenvalue weighted by molar-refractivity contribution is 9.10. The summed E-state index contributed by atoms with van der Waals surface area (Å²) in [6.07, 6.45) is 0. The molecule has 0 atom stereocenters. The average molecular weight is 307 g/mol. The number of nitrogens with zero attached hydrogens (tertiary/aromatic N) is 1. The predicted molar refractivity (Wildman–Crippen MR) is 65.0 cm³/mol. The SMILES string of the molecule is CCOC(=O)Cn1c(=S)[nH]c(C)c(Br)c1=O. The minimum Gasteiger partial charge on any atom is -0.465 e. The second kappa shape index (κ2) is 5.40. The van der Waals surface area contributed by atoms with Gasteiger partial charge in [-0.25, -0.2) is 0 Å². The van der Waals surface area contributed by atoms with Gasteiger partial charge in [-0.1, -0.05) is 0 Å². The summed E-state index contributed by atoms with van der Waals surface area (Å²) in [5.41, 5.74) is 0.296. The maximum absolute atomic E-state index is 11.8. The van der Waals surface area contributed by atoms with Crippen LogP contribution in [0.5, 0.6) is 0 Å². The van der Waals surface area contributed by atoms with E-state index in [1.54, 1.807) is 13.8 Å². The van der Waals surface area contributed by atoms with Crippen LogP contribution in [0.15, 0.2) is 9.27 Å². The number of aromatic nitrogens is 2. The van der Waals surface area contributed by atoms with Gasteiger partial charge in [0.25, 0.3) is 5.56 Å². The molecule has 5 nitrogen and oxygen atoms in total. The first kappa shape index (κ1) is 13.1. The van der Waals surface area contributed by atoms with Gasteiger partial charge in [0.2, 0.25) is 0 Å². The van der Waals surface area contributed by atoms with Crippen LogP contribution in [0, 0.1) is 11.7 Å². The van der Waals surface area contributed by atoms with E-state index >= 15 is 0 Å². The highest BCUT2D eigenvalue weighted by atomic mass is 79.9. The van der Waals surface area contributed by atoms with E-state index in [4.69, 9.17) is 17.0 Å². The molecule has 0 saturated heterocycles. The molecule has 0 aliphatic rings. The molecule has 0 saturated carbocycles. The molecule has 0 spiro atoms. The predicted octanol–water partition coefficient (Wildman–Crippen LogP) is 1.54. The molecule has 0 amide bonds. The summed E-state index contributed by atoms with van der Waals surface area (Å²) in [6.45, 7) is 3.51. The molecule has 0 aromatic carbocycles. The molecule has 0 fully saturated rings. The summed E-state index contributed by atoms with van der Waals surface area (Å²) >= 11 is 8.10. The number of aryl methyl sites for hydroxylation is 1. The van der Waals surface area contributed by atoms with Crippen LogP contribution in [0.3, 0.4) is 0 Å². The number of H-pyrrole nitrogens is 1. The van der Waals surface area contributed by atoms with Gasteiger partial charge >= 0.3 is 5.97 Å². The number of ether oxygens (including phenoxy) is 1. The van der Waals surface area contributed by atoms with Crippen LogP contribution in [0.2, 0.25) is 0 Å². The topological polar surface area (TPSA) is 64.1 Å². The Bertz CT molecular complexity index is 520. The van der Waals surface area contributed by atoms with Crippen LogP contribution in [0.25, 0.3) is 0 Å². The minimum atomic E-state index is -0.486. The van der Waals surface area contributed by atoms with Crippen molar-refractivity contribution < 1.29 is 9.53 Å². The minimum absolute atomic E-state index is 0.180. The van der Waals surface area contributed by atoms with E-state index in [9.17, 15) is 9.59 Å². The molecule has 0 unspecified atom stereocenters. The second-order valence-electron chi connectivity index (χ2n) is 3.07. The summed E-state index contributed by atoms with van der Waals surface area (Å²) in [5.74, 6) is -0.486.